The smallest absolute Gasteiger partial charge is 0.407 e. The Hall–Kier alpha value is -1.52. The van der Waals surface area contributed by atoms with Gasteiger partial charge in [-0.15, -0.1) is 0 Å². The number of carbonyl (C=O) groups excluding carboxylic acids is 1. The number of hydrogen-bond donors (Lipinski definition) is 1. The third-order valence-corrected chi connectivity index (χ3v) is 3.30. The van der Waals surface area contributed by atoms with E-state index < -0.39 is 5.60 Å². The summed E-state index contributed by atoms with van der Waals surface area (Å²) >= 11 is 0. The zero-order valence-electron chi connectivity index (χ0n) is 11.8. The van der Waals surface area contributed by atoms with Crippen LogP contribution in [0.5, 0.6) is 0 Å². The van der Waals surface area contributed by atoms with E-state index in [0.29, 0.717) is 5.92 Å². The third-order valence-electron chi connectivity index (χ3n) is 3.30. The van der Waals surface area contributed by atoms with Gasteiger partial charge in [-0.25, -0.2) is 9.78 Å². The SMILES string of the molecule is CC(C)(C)OC(=O)N[C@H]1CC[C@H](c2cnco2)CC1. The van der Waals surface area contributed by atoms with Crippen molar-refractivity contribution in [1.82, 2.24) is 10.3 Å². The summed E-state index contributed by atoms with van der Waals surface area (Å²) in [5.74, 6) is 1.38. The Balaban J connectivity index is 1.76. The van der Waals surface area contributed by atoms with Gasteiger partial charge in [-0.3, -0.25) is 0 Å². The molecule has 1 aromatic rings. The summed E-state index contributed by atoms with van der Waals surface area (Å²) in [6.07, 6.45) is 6.85. The lowest BCUT2D eigenvalue weighted by Crippen LogP contribution is -2.40. The molecule has 106 valence electrons. The molecule has 5 heteroatoms. The normalized spacial score (nSPS) is 23.9. The maximum atomic E-state index is 11.7. The number of aromatic nitrogens is 1. The molecule has 1 amide bonds. The van der Waals surface area contributed by atoms with Crippen LogP contribution in [-0.4, -0.2) is 22.7 Å². The molecule has 0 atom stereocenters. The van der Waals surface area contributed by atoms with Crippen molar-refractivity contribution >= 4 is 6.09 Å². The molecule has 0 spiro atoms. The van der Waals surface area contributed by atoms with Crippen molar-refractivity contribution in [2.45, 2.75) is 64.0 Å². The van der Waals surface area contributed by atoms with Gasteiger partial charge in [0.25, 0.3) is 0 Å². The second-order valence-corrected chi connectivity index (χ2v) is 6.10. The zero-order valence-corrected chi connectivity index (χ0v) is 11.8. The Morgan fingerprint density at radius 1 is 1.37 bits per heavy atom. The highest BCUT2D eigenvalue weighted by atomic mass is 16.6. The fourth-order valence-corrected chi connectivity index (χ4v) is 2.42. The summed E-state index contributed by atoms with van der Waals surface area (Å²) in [7, 11) is 0. The first-order valence-electron chi connectivity index (χ1n) is 6.82. The van der Waals surface area contributed by atoms with Crippen molar-refractivity contribution < 1.29 is 13.9 Å². The number of carbonyl (C=O) groups is 1. The first-order valence-corrected chi connectivity index (χ1v) is 6.82. The van der Waals surface area contributed by atoms with Crippen LogP contribution in [0.3, 0.4) is 0 Å². The predicted molar refractivity (Wildman–Crippen MR) is 70.9 cm³/mol. The summed E-state index contributed by atoms with van der Waals surface area (Å²) in [5, 5.41) is 2.93. The van der Waals surface area contributed by atoms with E-state index in [2.05, 4.69) is 10.3 Å². The maximum absolute atomic E-state index is 11.7. The lowest BCUT2D eigenvalue weighted by Gasteiger charge is -2.29. The van der Waals surface area contributed by atoms with Gasteiger partial charge in [-0.2, -0.15) is 0 Å². The number of rotatable bonds is 2. The average molecular weight is 266 g/mol. The molecule has 19 heavy (non-hydrogen) atoms. The van der Waals surface area contributed by atoms with Crippen LogP contribution in [0.2, 0.25) is 0 Å². The number of nitrogens with one attached hydrogen (secondary N) is 1. The first kappa shape index (κ1) is 13.9. The first-order chi connectivity index (χ1) is 8.94. The number of alkyl carbamates (subject to hydrolysis) is 1. The van der Waals surface area contributed by atoms with E-state index in [1.165, 1.54) is 6.39 Å². The van der Waals surface area contributed by atoms with Crippen LogP contribution in [0.15, 0.2) is 17.0 Å². The number of oxazole rings is 1. The number of ether oxygens (including phenoxy) is 1. The van der Waals surface area contributed by atoms with Crippen molar-refractivity contribution in [2.24, 2.45) is 0 Å². The van der Waals surface area contributed by atoms with Crippen LogP contribution in [0.1, 0.15) is 58.1 Å². The van der Waals surface area contributed by atoms with E-state index >= 15 is 0 Å². The molecule has 1 aliphatic rings. The topological polar surface area (TPSA) is 64.4 Å². The summed E-state index contributed by atoms with van der Waals surface area (Å²) in [5.41, 5.74) is -0.443. The van der Waals surface area contributed by atoms with E-state index in [1.54, 1.807) is 6.20 Å². The molecule has 1 N–H and O–H groups in total. The van der Waals surface area contributed by atoms with Crippen molar-refractivity contribution in [3.05, 3.63) is 18.4 Å². The molecule has 1 aromatic heterocycles. The molecule has 1 saturated carbocycles. The highest BCUT2D eigenvalue weighted by Crippen LogP contribution is 2.32. The summed E-state index contributed by atoms with van der Waals surface area (Å²) in [6, 6.07) is 0.203. The van der Waals surface area contributed by atoms with E-state index in [4.69, 9.17) is 9.15 Å². The standard InChI is InChI=1S/C14H22N2O3/c1-14(2,3)19-13(17)16-11-6-4-10(5-7-11)12-8-15-9-18-12/h8-11H,4-7H2,1-3H3,(H,16,17)/t10-,11-. The number of amides is 1. The summed E-state index contributed by atoms with van der Waals surface area (Å²) in [6.45, 7) is 5.61. The van der Waals surface area contributed by atoms with Gasteiger partial charge < -0.3 is 14.5 Å². The van der Waals surface area contributed by atoms with E-state index in [0.717, 1.165) is 31.4 Å². The highest BCUT2D eigenvalue weighted by Gasteiger charge is 2.26. The Labute approximate surface area is 113 Å². The molecule has 0 unspecified atom stereocenters. The Kier molecular flexibility index (Phi) is 4.12. The van der Waals surface area contributed by atoms with Gasteiger partial charge in [-0.05, 0) is 46.5 Å². The van der Waals surface area contributed by atoms with Crippen molar-refractivity contribution in [2.75, 3.05) is 0 Å². The molecule has 0 bridgehead atoms. The molecule has 2 rings (SSSR count). The molecule has 1 heterocycles. The lowest BCUT2D eigenvalue weighted by molar-refractivity contribution is 0.0490. The Morgan fingerprint density at radius 3 is 2.58 bits per heavy atom. The number of hydrogen-bond acceptors (Lipinski definition) is 4. The largest absolute Gasteiger partial charge is 0.448 e. The predicted octanol–water partition coefficient (Wildman–Crippen LogP) is 3.23. The van der Waals surface area contributed by atoms with Crippen molar-refractivity contribution in [3.63, 3.8) is 0 Å². The van der Waals surface area contributed by atoms with Gasteiger partial charge in [0.15, 0.2) is 6.39 Å². The van der Waals surface area contributed by atoms with Crippen LogP contribution >= 0.6 is 0 Å². The van der Waals surface area contributed by atoms with E-state index in [-0.39, 0.29) is 12.1 Å². The maximum Gasteiger partial charge on any atom is 0.407 e. The molecular weight excluding hydrogens is 244 g/mol. The van der Waals surface area contributed by atoms with Crippen molar-refractivity contribution in [1.29, 1.82) is 0 Å². The summed E-state index contributed by atoms with van der Waals surface area (Å²) < 4.78 is 10.6. The third kappa shape index (κ3) is 4.26. The molecule has 0 saturated heterocycles. The molecule has 1 fully saturated rings. The monoisotopic (exact) mass is 266 g/mol. The van der Waals surface area contributed by atoms with Crippen molar-refractivity contribution in [3.8, 4) is 0 Å². The van der Waals surface area contributed by atoms with Gasteiger partial charge in [0, 0.05) is 12.0 Å². The van der Waals surface area contributed by atoms with Crippen LogP contribution in [0, 0.1) is 0 Å². The summed E-state index contributed by atoms with van der Waals surface area (Å²) in [4.78, 5) is 15.6. The molecule has 5 nitrogen and oxygen atoms in total. The van der Waals surface area contributed by atoms with Crippen LogP contribution in [0.25, 0.3) is 0 Å². The van der Waals surface area contributed by atoms with Gasteiger partial charge in [-0.1, -0.05) is 0 Å². The fraction of sp³-hybridized carbons (Fsp3) is 0.714. The van der Waals surface area contributed by atoms with Gasteiger partial charge in [0.2, 0.25) is 0 Å². The second-order valence-electron chi connectivity index (χ2n) is 6.10. The molecule has 1 aliphatic carbocycles. The molecule has 0 aromatic carbocycles. The van der Waals surface area contributed by atoms with Gasteiger partial charge in [0.05, 0.1) is 6.20 Å². The zero-order chi connectivity index (χ0) is 13.9. The van der Waals surface area contributed by atoms with Crippen LogP contribution in [0.4, 0.5) is 4.79 Å². The Morgan fingerprint density at radius 2 is 2.05 bits per heavy atom. The van der Waals surface area contributed by atoms with Gasteiger partial charge >= 0.3 is 6.09 Å². The minimum Gasteiger partial charge on any atom is -0.448 e. The molecule has 0 radical (unpaired) electrons. The highest BCUT2D eigenvalue weighted by molar-refractivity contribution is 5.68. The van der Waals surface area contributed by atoms with E-state index in [1.807, 2.05) is 20.8 Å². The van der Waals surface area contributed by atoms with E-state index in [9.17, 15) is 4.79 Å². The number of nitrogens with zero attached hydrogens (tertiary/aromatic N) is 1. The minimum absolute atomic E-state index is 0.203. The quantitative estimate of drug-likeness (QED) is 0.892. The van der Waals surface area contributed by atoms with Crippen LogP contribution < -0.4 is 5.32 Å². The molecular formula is C14H22N2O3. The Bertz CT molecular complexity index is 401. The fourth-order valence-electron chi connectivity index (χ4n) is 2.42. The van der Waals surface area contributed by atoms with Crippen LogP contribution in [-0.2, 0) is 4.74 Å². The molecule has 0 aliphatic heterocycles. The minimum atomic E-state index is -0.443. The lowest BCUT2D eigenvalue weighted by atomic mass is 9.85. The second kappa shape index (κ2) is 5.63. The average Bonchev–Trinajstić information content (AvgIpc) is 2.80. The van der Waals surface area contributed by atoms with Gasteiger partial charge in [0.1, 0.15) is 11.4 Å².